The van der Waals surface area contributed by atoms with Crippen LogP contribution in [0.1, 0.15) is 33.1 Å². The molecule has 0 saturated carbocycles. The van der Waals surface area contributed by atoms with Crippen LogP contribution < -0.4 is 10.9 Å². The number of amides is 1. The molecule has 1 aliphatic rings. The first-order chi connectivity index (χ1) is 15.4. The first-order valence-electron chi connectivity index (χ1n) is 11.0. The van der Waals surface area contributed by atoms with Crippen LogP contribution in [0.2, 0.25) is 0 Å². The molecule has 0 bridgehead atoms. The van der Waals surface area contributed by atoms with Gasteiger partial charge in [0.15, 0.2) is 5.16 Å². The molecule has 8 nitrogen and oxygen atoms in total. The third-order valence-corrected chi connectivity index (χ3v) is 6.98. The van der Waals surface area contributed by atoms with Crippen molar-refractivity contribution in [2.24, 2.45) is 0 Å². The maximum absolute atomic E-state index is 12.9. The average Bonchev–Trinajstić information content (AvgIpc) is 3.24. The summed E-state index contributed by atoms with van der Waals surface area (Å²) in [6.07, 6.45) is 5.39. The predicted molar refractivity (Wildman–Crippen MR) is 128 cm³/mol. The van der Waals surface area contributed by atoms with E-state index in [4.69, 9.17) is 0 Å². The average molecular weight is 455 g/mol. The molecule has 0 spiro atoms. The Labute approximate surface area is 191 Å². The van der Waals surface area contributed by atoms with Crippen LogP contribution in [0.5, 0.6) is 0 Å². The number of nitrogens with one attached hydrogen (secondary N) is 1. The third-order valence-electron chi connectivity index (χ3n) is 6.05. The van der Waals surface area contributed by atoms with Crippen molar-refractivity contribution in [1.82, 2.24) is 29.4 Å². The second-order valence-electron chi connectivity index (χ2n) is 8.77. The zero-order chi connectivity index (χ0) is 22.7. The van der Waals surface area contributed by atoms with Gasteiger partial charge in [0.05, 0.1) is 16.7 Å². The van der Waals surface area contributed by atoms with E-state index in [-0.39, 0.29) is 22.8 Å². The summed E-state index contributed by atoms with van der Waals surface area (Å²) in [7, 11) is 0. The van der Waals surface area contributed by atoms with E-state index in [9.17, 15) is 9.59 Å². The largest absolute Gasteiger partial charge is 0.354 e. The van der Waals surface area contributed by atoms with Crippen molar-refractivity contribution >= 4 is 34.3 Å². The summed E-state index contributed by atoms with van der Waals surface area (Å²) < 4.78 is 3.39. The van der Waals surface area contributed by atoms with E-state index in [1.54, 1.807) is 16.7 Å². The highest BCUT2D eigenvalue weighted by Gasteiger charge is 2.28. The van der Waals surface area contributed by atoms with E-state index in [0.717, 1.165) is 18.6 Å². The van der Waals surface area contributed by atoms with Gasteiger partial charge in [-0.3, -0.25) is 23.5 Å². The zero-order valence-corrected chi connectivity index (χ0v) is 19.5. The van der Waals surface area contributed by atoms with Gasteiger partial charge in [0, 0.05) is 18.6 Å². The van der Waals surface area contributed by atoms with Gasteiger partial charge in [-0.15, -0.1) is 16.8 Å². The summed E-state index contributed by atoms with van der Waals surface area (Å²) in [4.78, 5) is 28.0. The lowest BCUT2D eigenvalue weighted by atomic mass is 9.98. The van der Waals surface area contributed by atoms with E-state index >= 15 is 0 Å². The number of para-hydroxylation sites is 1. The zero-order valence-electron chi connectivity index (χ0n) is 18.7. The Kier molecular flexibility index (Phi) is 6.66. The maximum atomic E-state index is 12.9. The van der Waals surface area contributed by atoms with E-state index in [1.807, 2.05) is 22.6 Å². The minimum absolute atomic E-state index is 0.0412. The topological polar surface area (TPSA) is 84.5 Å². The van der Waals surface area contributed by atoms with Crippen LogP contribution >= 0.6 is 11.8 Å². The molecule has 1 aromatic carbocycles. The van der Waals surface area contributed by atoms with Crippen molar-refractivity contribution in [3.63, 3.8) is 0 Å². The first kappa shape index (κ1) is 22.5. The fraction of sp³-hybridized carbons (Fsp3) is 0.478. The first-order valence-corrected chi connectivity index (χ1v) is 12.0. The third kappa shape index (κ3) is 4.45. The Balaban J connectivity index is 1.50. The number of piperidine rings is 1. The smallest absolute Gasteiger partial charge is 0.263 e. The fourth-order valence-electron chi connectivity index (χ4n) is 4.23. The molecule has 1 amide bonds. The van der Waals surface area contributed by atoms with Crippen molar-refractivity contribution in [2.75, 3.05) is 25.4 Å². The van der Waals surface area contributed by atoms with Crippen molar-refractivity contribution in [3.05, 3.63) is 47.3 Å². The van der Waals surface area contributed by atoms with Gasteiger partial charge in [-0.1, -0.05) is 36.4 Å². The number of hydrogen-bond acceptors (Lipinski definition) is 6. The lowest BCUT2D eigenvalue weighted by molar-refractivity contribution is -0.119. The molecule has 2 aromatic heterocycles. The summed E-state index contributed by atoms with van der Waals surface area (Å²) in [5.74, 6) is 0.634. The van der Waals surface area contributed by atoms with Gasteiger partial charge in [-0.2, -0.15) is 0 Å². The molecular weight excluding hydrogens is 424 g/mol. The van der Waals surface area contributed by atoms with Crippen LogP contribution in [-0.4, -0.2) is 60.9 Å². The van der Waals surface area contributed by atoms with Gasteiger partial charge < -0.3 is 5.32 Å². The number of carbonyl (C=O) groups is 1. The standard InChI is InChI=1S/C23H30N6O2S/c1-4-12-28-20(31)17-10-6-7-11-18(17)29-21(28)25-26-22(29)32-15-19(30)24-16-23(2,3)27-13-8-5-9-14-27/h4,6-7,10-11H,1,5,8-9,12-16H2,2-3H3,(H,24,30). The monoisotopic (exact) mass is 454 g/mol. The predicted octanol–water partition coefficient (Wildman–Crippen LogP) is 2.70. The minimum Gasteiger partial charge on any atom is -0.354 e. The quantitative estimate of drug-likeness (QED) is 0.416. The number of allylic oxidation sites excluding steroid dienone is 1. The molecule has 3 aromatic rings. The van der Waals surface area contributed by atoms with Gasteiger partial charge in [-0.25, -0.2) is 0 Å². The molecule has 170 valence electrons. The van der Waals surface area contributed by atoms with Crippen LogP contribution in [-0.2, 0) is 11.3 Å². The normalized spacial score (nSPS) is 15.3. The number of aromatic nitrogens is 4. The summed E-state index contributed by atoms with van der Waals surface area (Å²) >= 11 is 1.32. The molecule has 1 fully saturated rings. The summed E-state index contributed by atoms with van der Waals surface area (Å²) in [5.41, 5.74) is 0.529. The number of thioether (sulfide) groups is 1. The summed E-state index contributed by atoms with van der Waals surface area (Å²) in [6.45, 7) is 11.2. The minimum atomic E-state index is -0.130. The van der Waals surface area contributed by atoms with Crippen LogP contribution in [0, 0.1) is 0 Å². The van der Waals surface area contributed by atoms with E-state index < -0.39 is 0 Å². The molecule has 1 aliphatic heterocycles. The molecule has 4 rings (SSSR count). The van der Waals surface area contributed by atoms with E-state index in [1.165, 1.54) is 31.0 Å². The lowest BCUT2D eigenvalue weighted by Gasteiger charge is -2.41. The van der Waals surface area contributed by atoms with Gasteiger partial charge in [0.1, 0.15) is 0 Å². The molecule has 3 heterocycles. The Hall–Kier alpha value is -2.65. The number of fused-ring (bicyclic) bond motifs is 3. The SMILES string of the molecule is C=CCn1c(=O)c2ccccc2n2c(SCC(=O)NCC(C)(C)N3CCCCC3)nnc12. The second kappa shape index (κ2) is 9.46. The molecule has 0 aliphatic carbocycles. The van der Waals surface area contributed by atoms with Gasteiger partial charge >= 0.3 is 0 Å². The number of rotatable bonds is 8. The number of carbonyl (C=O) groups excluding carboxylic acids is 1. The molecule has 32 heavy (non-hydrogen) atoms. The van der Waals surface area contributed by atoms with Crippen LogP contribution in [0.4, 0.5) is 0 Å². The highest BCUT2D eigenvalue weighted by molar-refractivity contribution is 7.99. The Morgan fingerprint density at radius 3 is 2.72 bits per heavy atom. The summed E-state index contributed by atoms with van der Waals surface area (Å²) in [5, 5.41) is 12.8. The van der Waals surface area contributed by atoms with Crippen LogP contribution in [0.25, 0.3) is 16.7 Å². The highest BCUT2D eigenvalue weighted by atomic mass is 32.2. The van der Waals surface area contributed by atoms with Crippen molar-refractivity contribution in [2.45, 2.75) is 50.4 Å². The van der Waals surface area contributed by atoms with E-state index in [0.29, 0.717) is 29.4 Å². The molecule has 0 atom stereocenters. The molecule has 1 N–H and O–H groups in total. The Morgan fingerprint density at radius 2 is 1.97 bits per heavy atom. The molecule has 9 heteroatoms. The molecule has 0 radical (unpaired) electrons. The van der Waals surface area contributed by atoms with Crippen LogP contribution in [0.15, 0.2) is 46.9 Å². The number of likely N-dealkylation sites (tertiary alicyclic amines) is 1. The fourth-order valence-corrected chi connectivity index (χ4v) is 5.00. The van der Waals surface area contributed by atoms with Gasteiger partial charge in [0.2, 0.25) is 11.7 Å². The molecule has 0 unspecified atom stereocenters. The Morgan fingerprint density at radius 1 is 1.22 bits per heavy atom. The number of nitrogens with zero attached hydrogens (tertiary/aromatic N) is 5. The Bertz CT molecular complexity index is 1190. The van der Waals surface area contributed by atoms with Gasteiger partial charge in [-0.05, 0) is 51.9 Å². The second-order valence-corrected chi connectivity index (χ2v) is 9.71. The molecule has 1 saturated heterocycles. The number of benzene rings is 1. The van der Waals surface area contributed by atoms with Crippen molar-refractivity contribution in [1.29, 1.82) is 0 Å². The number of hydrogen-bond donors (Lipinski definition) is 1. The maximum Gasteiger partial charge on any atom is 0.263 e. The molecular formula is C23H30N6O2S. The van der Waals surface area contributed by atoms with E-state index in [2.05, 4.69) is 40.8 Å². The summed E-state index contributed by atoms with van der Waals surface area (Å²) in [6, 6.07) is 7.38. The van der Waals surface area contributed by atoms with Crippen molar-refractivity contribution in [3.8, 4) is 0 Å². The lowest BCUT2D eigenvalue weighted by Crippen LogP contribution is -2.53. The van der Waals surface area contributed by atoms with Crippen LogP contribution in [0.3, 0.4) is 0 Å². The van der Waals surface area contributed by atoms with Gasteiger partial charge in [0.25, 0.3) is 5.56 Å². The van der Waals surface area contributed by atoms with Crippen molar-refractivity contribution < 1.29 is 4.79 Å². The highest BCUT2D eigenvalue weighted by Crippen LogP contribution is 2.22.